The molecule has 0 aliphatic rings. The topological polar surface area (TPSA) is 89.0 Å². The van der Waals surface area contributed by atoms with Crippen molar-refractivity contribution in [2.45, 2.75) is 12.2 Å². The summed E-state index contributed by atoms with van der Waals surface area (Å²) in [5.41, 5.74) is 3.17. The molecule has 0 aliphatic carbocycles. The van der Waals surface area contributed by atoms with Gasteiger partial charge in [0.05, 0.1) is 23.3 Å². The first kappa shape index (κ1) is 20.0. The number of hydrogen-bond acceptors (Lipinski definition) is 6. The number of hydrogen-bond donors (Lipinski definition) is 1. The lowest BCUT2D eigenvalue weighted by atomic mass is 10.0. The van der Waals surface area contributed by atoms with Crippen LogP contribution < -0.4 is 5.32 Å². The van der Waals surface area contributed by atoms with Gasteiger partial charge in [0.1, 0.15) is 0 Å². The summed E-state index contributed by atoms with van der Waals surface area (Å²) in [7, 11) is -3.17. The van der Waals surface area contributed by atoms with E-state index < -0.39 is 9.84 Å². The SMILES string of the molecule is CS(=O)(=O)Cc1ccc(C(=O)Cc2ccncc2Nc2ccc(Cl)cc2)cn1. The molecular formula is C20H18ClN3O3S. The number of halogens is 1. The summed E-state index contributed by atoms with van der Waals surface area (Å²) < 4.78 is 22.7. The number of benzene rings is 1. The zero-order chi connectivity index (χ0) is 20.1. The molecular weight excluding hydrogens is 398 g/mol. The fourth-order valence-corrected chi connectivity index (χ4v) is 3.43. The Labute approximate surface area is 168 Å². The number of rotatable bonds is 7. The Morgan fingerprint density at radius 1 is 1.07 bits per heavy atom. The molecule has 0 radical (unpaired) electrons. The molecule has 28 heavy (non-hydrogen) atoms. The third-order valence-electron chi connectivity index (χ3n) is 3.94. The second-order valence-electron chi connectivity index (χ2n) is 6.37. The van der Waals surface area contributed by atoms with Crippen molar-refractivity contribution < 1.29 is 13.2 Å². The quantitative estimate of drug-likeness (QED) is 0.589. The predicted octanol–water partition coefficient (Wildman–Crippen LogP) is 3.84. The van der Waals surface area contributed by atoms with E-state index in [-0.39, 0.29) is 18.0 Å². The molecule has 0 fully saturated rings. The molecule has 1 N–H and O–H groups in total. The number of pyridine rings is 2. The molecule has 2 aromatic heterocycles. The molecule has 8 heteroatoms. The van der Waals surface area contributed by atoms with E-state index in [1.165, 1.54) is 6.20 Å². The van der Waals surface area contributed by atoms with E-state index in [2.05, 4.69) is 15.3 Å². The second kappa shape index (κ2) is 8.50. The van der Waals surface area contributed by atoms with E-state index in [1.54, 1.807) is 42.7 Å². The van der Waals surface area contributed by atoms with E-state index in [4.69, 9.17) is 11.6 Å². The molecule has 3 rings (SSSR count). The molecule has 0 aliphatic heterocycles. The Bertz CT molecular complexity index is 1080. The summed E-state index contributed by atoms with van der Waals surface area (Å²) in [6.45, 7) is 0. The monoisotopic (exact) mass is 415 g/mol. The van der Waals surface area contributed by atoms with Crippen LogP contribution in [0.3, 0.4) is 0 Å². The standard InChI is InChI=1S/C20H18ClN3O3S/c1-28(26,27)13-18-5-2-15(11-23-18)20(25)10-14-8-9-22-12-19(14)24-17-6-3-16(21)4-7-17/h2-9,11-12,24H,10,13H2,1H3. The van der Waals surface area contributed by atoms with Gasteiger partial charge in [0, 0.05) is 41.3 Å². The highest BCUT2D eigenvalue weighted by Crippen LogP contribution is 2.22. The molecule has 0 amide bonds. The van der Waals surface area contributed by atoms with Crippen LogP contribution in [0.25, 0.3) is 0 Å². The highest BCUT2D eigenvalue weighted by molar-refractivity contribution is 7.89. The number of Topliss-reactive ketones (excluding diaryl/α,β-unsaturated/α-hetero) is 1. The van der Waals surface area contributed by atoms with Gasteiger partial charge in [-0.05, 0) is 48.0 Å². The lowest BCUT2D eigenvalue weighted by Gasteiger charge is -2.11. The van der Waals surface area contributed by atoms with Crippen LogP contribution in [-0.4, -0.2) is 30.4 Å². The van der Waals surface area contributed by atoms with Gasteiger partial charge in [-0.25, -0.2) is 8.42 Å². The number of ketones is 1. The minimum atomic E-state index is -3.17. The van der Waals surface area contributed by atoms with Gasteiger partial charge >= 0.3 is 0 Å². The van der Waals surface area contributed by atoms with Gasteiger partial charge in [-0.15, -0.1) is 0 Å². The van der Waals surface area contributed by atoms with Crippen LogP contribution in [0.4, 0.5) is 11.4 Å². The Kier molecular flexibility index (Phi) is 6.06. The zero-order valence-electron chi connectivity index (χ0n) is 15.1. The van der Waals surface area contributed by atoms with Crippen molar-refractivity contribution in [3.63, 3.8) is 0 Å². The molecule has 6 nitrogen and oxygen atoms in total. The predicted molar refractivity (Wildman–Crippen MR) is 110 cm³/mol. The van der Waals surface area contributed by atoms with E-state index in [9.17, 15) is 13.2 Å². The fourth-order valence-electron chi connectivity index (χ4n) is 2.60. The lowest BCUT2D eigenvalue weighted by Crippen LogP contribution is -2.08. The summed E-state index contributed by atoms with van der Waals surface area (Å²) in [4.78, 5) is 20.8. The molecule has 0 atom stereocenters. The highest BCUT2D eigenvalue weighted by Gasteiger charge is 2.13. The number of carbonyl (C=O) groups excluding carboxylic acids is 1. The van der Waals surface area contributed by atoms with Crippen LogP contribution in [0.15, 0.2) is 61.1 Å². The summed E-state index contributed by atoms with van der Waals surface area (Å²) >= 11 is 5.90. The fraction of sp³-hybridized carbons (Fsp3) is 0.150. The zero-order valence-corrected chi connectivity index (χ0v) is 16.7. The van der Waals surface area contributed by atoms with Gasteiger partial charge in [0.2, 0.25) is 0 Å². The number of sulfone groups is 1. The highest BCUT2D eigenvalue weighted by atomic mass is 35.5. The molecule has 2 heterocycles. The van der Waals surface area contributed by atoms with Crippen LogP contribution >= 0.6 is 11.6 Å². The smallest absolute Gasteiger partial charge is 0.168 e. The number of aromatic nitrogens is 2. The lowest BCUT2D eigenvalue weighted by molar-refractivity contribution is 0.0992. The van der Waals surface area contributed by atoms with Crippen LogP contribution in [0, 0.1) is 0 Å². The maximum absolute atomic E-state index is 12.6. The largest absolute Gasteiger partial charge is 0.354 e. The van der Waals surface area contributed by atoms with Gasteiger partial charge in [-0.3, -0.25) is 14.8 Å². The van der Waals surface area contributed by atoms with E-state index in [1.807, 2.05) is 12.1 Å². The summed E-state index contributed by atoms with van der Waals surface area (Å²) in [5.74, 6) is -0.273. The van der Waals surface area contributed by atoms with Crippen molar-refractivity contribution in [1.82, 2.24) is 9.97 Å². The first-order chi connectivity index (χ1) is 13.3. The van der Waals surface area contributed by atoms with Crippen molar-refractivity contribution in [1.29, 1.82) is 0 Å². The molecule has 0 saturated carbocycles. The minimum absolute atomic E-state index is 0.122. The normalized spacial score (nSPS) is 11.2. The van der Waals surface area contributed by atoms with Crippen molar-refractivity contribution in [3.05, 3.63) is 82.9 Å². The van der Waals surface area contributed by atoms with E-state index in [0.29, 0.717) is 16.3 Å². The van der Waals surface area contributed by atoms with Gasteiger partial charge in [0.15, 0.2) is 15.6 Å². The van der Waals surface area contributed by atoms with Crippen LogP contribution in [0.2, 0.25) is 5.02 Å². The maximum atomic E-state index is 12.6. The number of carbonyl (C=O) groups is 1. The third-order valence-corrected chi connectivity index (χ3v) is 5.01. The van der Waals surface area contributed by atoms with Crippen molar-refractivity contribution in [2.24, 2.45) is 0 Å². The van der Waals surface area contributed by atoms with E-state index in [0.717, 1.165) is 23.2 Å². The Morgan fingerprint density at radius 3 is 2.46 bits per heavy atom. The molecule has 1 aromatic carbocycles. The molecule has 0 saturated heterocycles. The van der Waals surface area contributed by atoms with Crippen molar-refractivity contribution in [2.75, 3.05) is 11.6 Å². The number of anilines is 2. The summed E-state index contributed by atoms with van der Waals surface area (Å²) in [5, 5.41) is 3.87. The summed E-state index contributed by atoms with van der Waals surface area (Å²) in [6, 6.07) is 12.2. The maximum Gasteiger partial charge on any atom is 0.168 e. The molecule has 3 aromatic rings. The third kappa shape index (κ3) is 5.61. The number of nitrogens with one attached hydrogen (secondary N) is 1. The van der Waals surface area contributed by atoms with Gasteiger partial charge in [-0.1, -0.05) is 11.6 Å². The van der Waals surface area contributed by atoms with Gasteiger partial charge in [0.25, 0.3) is 0 Å². The van der Waals surface area contributed by atoms with Gasteiger partial charge < -0.3 is 5.32 Å². The Hall–Kier alpha value is -2.77. The van der Waals surface area contributed by atoms with Crippen LogP contribution in [0.5, 0.6) is 0 Å². The van der Waals surface area contributed by atoms with Crippen LogP contribution in [0.1, 0.15) is 21.6 Å². The minimum Gasteiger partial charge on any atom is -0.354 e. The Morgan fingerprint density at radius 2 is 1.82 bits per heavy atom. The van der Waals surface area contributed by atoms with Gasteiger partial charge in [-0.2, -0.15) is 0 Å². The first-order valence-corrected chi connectivity index (χ1v) is 10.9. The first-order valence-electron chi connectivity index (χ1n) is 8.41. The van der Waals surface area contributed by atoms with Crippen molar-refractivity contribution in [3.8, 4) is 0 Å². The van der Waals surface area contributed by atoms with E-state index >= 15 is 0 Å². The second-order valence-corrected chi connectivity index (χ2v) is 8.95. The summed E-state index contributed by atoms with van der Waals surface area (Å²) in [6.07, 6.45) is 6.00. The van der Waals surface area contributed by atoms with Crippen LogP contribution in [-0.2, 0) is 22.0 Å². The average Bonchev–Trinajstić information content (AvgIpc) is 2.64. The molecule has 0 unspecified atom stereocenters. The average molecular weight is 416 g/mol. The Balaban J connectivity index is 1.74. The molecule has 0 bridgehead atoms. The molecule has 0 spiro atoms. The molecule has 144 valence electrons. The van der Waals surface area contributed by atoms with Crippen molar-refractivity contribution >= 4 is 38.6 Å². The number of nitrogens with zero attached hydrogens (tertiary/aromatic N) is 2.